The van der Waals surface area contributed by atoms with Crippen LogP contribution in [-0.4, -0.2) is 24.6 Å². The number of hydrogen-bond acceptors (Lipinski definition) is 4. The fourth-order valence-electron chi connectivity index (χ4n) is 5.72. The summed E-state index contributed by atoms with van der Waals surface area (Å²) in [4.78, 5) is 24.5. The normalized spacial score (nSPS) is 39.3. The van der Waals surface area contributed by atoms with Gasteiger partial charge < -0.3 is 9.47 Å². The highest BCUT2D eigenvalue weighted by Gasteiger charge is 2.57. The van der Waals surface area contributed by atoms with Crippen LogP contribution in [0.1, 0.15) is 65.7 Å². The van der Waals surface area contributed by atoms with Gasteiger partial charge in [-0.2, -0.15) is 0 Å². The molecule has 0 aromatic carbocycles. The number of methoxy groups -OCH3 is 1. The predicted molar refractivity (Wildman–Crippen MR) is 91.1 cm³/mol. The second-order valence-electron chi connectivity index (χ2n) is 8.67. The third-order valence-electron chi connectivity index (χ3n) is 7.15. The summed E-state index contributed by atoms with van der Waals surface area (Å²) in [5.41, 5.74) is -0.286. The van der Waals surface area contributed by atoms with Crippen molar-refractivity contribution in [3.05, 3.63) is 0 Å². The summed E-state index contributed by atoms with van der Waals surface area (Å²) in [6.07, 6.45) is 7.51. The van der Waals surface area contributed by atoms with Gasteiger partial charge in [-0.15, -0.1) is 0 Å². The van der Waals surface area contributed by atoms with E-state index < -0.39 is 0 Å². The molecule has 0 aromatic rings. The monoisotopic (exact) mass is 336 g/mol. The zero-order chi connectivity index (χ0) is 17.5. The number of esters is 2. The maximum atomic E-state index is 12.7. The zero-order valence-corrected chi connectivity index (χ0v) is 15.5. The van der Waals surface area contributed by atoms with Crippen LogP contribution in [-0.2, 0) is 19.1 Å². The largest absolute Gasteiger partial charge is 0.469 e. The molecule has 136 valence electrons. The molecule has 0 radical (unpaired) electrons. The van der Waals surface area contributed by atoms with Crippen LogP contribution < -0.4 is 0 Å². The lowest BCUT2D eigenvalue weighted by Gasteiger charge is -2.59. The molecule has 4 heteroatoms. The molecule has 0 saturated heterocycles. The van der Waals surface area contributed by atoms with E-state index in [1.165, 1.54) is 39.2 Å². The van der Waals surface area contributed by atoms with Crippen molar-refractivity contribution in [1.29, 1.82) is 0 Å². The lowest BCUT2D eigenvalue weighted by molar-refractivity contribution is -0.207. The zero-order valence-electron chi connectivity index (χ0n) is 15.5. The number of rotatable bonds is 6. The number of carbonyl (C=O) groups excluding carboxylic acids is 2. The van der Waals surface area contributed by atoms with Gasteiger partial charge in [-0.3, -0.25) is 9.59 Å². The molecule has 4 aliphatic rings. The molecule has 0 aromatic heterocycles. The Labute approximate surface area is 145 Å². The van der Waals surface area contributed by atoms with Gasteiger partial charge in [0.1, 0.15) is 5.60 Å². The quantitative estimate of drug-likeness (QED) is 0.689. The van der Waals surface area contributed by atoms with Crippen LogP contribution in [0.3, 0.4) is 0 Å². The average molecular weight is 336 g/mol. The summed E-state index contributed by atoms with van der Waals surface area (Å²) in [7, 11) is 1.41. The van der Waals surface area contributed by atoms with Crippen molar-refractivity contribution in [2.24, 2.45) is 35.5 Å². The lowest BCUT2D eigenvalue weighted by atomic mass is 9.50. The van der Waals surface area contributed by atoms with Crippen LogP contribution in [0.25, 0.3) is 0 Å². The first-order chi connectivity index (χ1) is 11.4. The van der Waals surface area contributed by atoms with Crippen molar-refractivity contribution >= 4 is 11.9 Å². The first-order valence-electron chi connectivity index (χ1n) is 9.68. The Hall–Kier alpha value is -1.06. The molecule has 0 N–H and O–H groups in total. The number of carbonyl (C=O) groups is 2. The van der Waals surface area contributed by atoms with Crippen LogP contribution in [0.5, 0.6) is 0 Å². The highest BCUT2D eigenvalue weighted by atomic mass is 16.6. The van der Waals surface area contributed by atoms with E-state index in [1.807, 2.05) is 13.8 Å². The van der Waals surface area contributed by atoms with Crippen LogP contribution >= 0.6 is 0 Å². The summed E-state index contributed by atoms with van der Waals surface area (Å²) in [5.74, 6) is 1.96. The summed E-state index contributed by atoms with van der Waals surface area (Å²) >= 11 is 0. The molecule has 4 aliphatic carbocycles. The minimum absolute atomic E-state index is 0.132. The molecule has 24 heavy (non-hydrogen) atoms. The Kier molecular flexibility index (Phi) is 4.94. The molecule has 0 amide bonds. The molecule has 0 spiro atoms. The van der Waals surface area contributed by atoms with Gasteiger partial charge >= 0.3 is 11.9 Å². The Balaban J connectivity index is 1.62. The second kappa shape index (κ2) is 6.68. The highest BCUT2D eigenvalue weighted by Crippen LogP contribution is 2.59. The van der Waals surface area contributed by atoms with Crippen molar-refractivity contribution < 1.29 is 19.1 Å². The van der Waals surface area contributed by atoms with Gasteiger partial charge in [0.2, 0.25) is 0 Å². The molecule has 4 saturated carbocycles. The van der Waals surface area contributed by atoms with Gasteiger partial charge in [0.15, 0.2) is 0 Å². The number of hydrogen-bond donors (Lipinski definition) is 0. The molecular formula is C20H32O4. The summed E-state index contributed by atoms with van der Waals surface area (Å²) in [6.45, 7) is 6.01. The van der Waals surface area contributed by atoms with E-state index in [2.05, 4.69) is 6.92 Å². The topological polar surface area (TPSA) is 52.6 Å². The maximum Gasteiger partial charge on any atom is 0.309 e. The second-order valence-corrected chi connectivity index (χ2v) is 8.67. The Morgan fingerprint density at radius 3 is 2.04 bits per heavy atom. The molecular weight excluding hydrogens is 304 g/mol. The van der Waals surface area contributed by atoms with E-state index in [1.54, 1.807) is 0 Å². The first-order valence-corrected chi connectivity index (χ1v) is 9.68. The molecule has 2 unspecified atom stereocenters. The molecule has 2 atom stereocenters. The predicted octanol–water partition coefficient (Wildman–Crippen LogP) is 3.97. The van der Waals surface area contributed by atoms with Gasteiger partial charge in [-0.1, -0.05) is 13.8 Å². The van der Waals surface area contributed by atoms with Gasteiger partial charge in [0, 0.05) is 0 Å². The molecule has 0 aliphatic heterocycles. The first kappa shape index (κ1) is 17.8. The number of ether oxygens (including phenoxy) is 2. The highest BCUT2D eigenvalue weighted by molar-refractivity contribution is 5.76. The average Bonchev–Trinajstić information content (AvgIpc) is 2.56. The minimum atomic E-state index is -0.286. The van der Waals surface area contributed by atoms with E-state index in [4.69, 9.17) is 9.47 Å². The lowest BCUT2D eigenvalue weighted by Crippen LogP contribution is -2.58. The van der Waals surface area contributed by atoms with Crippen LogP contribution in [0.4, 0.5) is 0 Å². The van der Waals surface area contributed by atoms with Crippen molar-refractivity contribution in [3.8, 4) is 0 Å². The van der Waals surface area contributed by atoms with E-state index in [0.717, 1.165) is 11.8 Å². The van der Waals surface area contributed by atoms with Crippen LogP contribution in [0, 0.1) is 35.5 Å². The van der Waals surface area contributed by atoms with E-state index in [9.17, 15) is 9.59 Å². The molecule has 4 bridgehead atoms. The van der Waals surface area contributed by atoms with Crippen LogP contribution in [0.2, 0.25) is 0 Å². The summed E-state index contributed by atoms with van der Waals surface area (Å²) < 4.78 is 11.0. The van der Waals surface area contributed by atoms with Crippen molar-refractivity contribution in [2.75, 3.05) is 7.11 Å². The summed E-state index contributed by atoms with van der Waals surface area (Å²) in [6, 6.07) is 0. The third-order valence-corrected chi connectivity index (χ3v) is 7.15. The fourth-order valence-corrected chi connectivity index (χ4v) is 5.72. The van der Waals surface area contributed by atoms with Gasteiger partial charge in [0.05, 0.1) is 18.9 Å². The smallest absolute Gasteiger partial charge is 0.309 e. The van der Waals surface area contributed by atoms with Gasteiger partial charge in [0.25, 0.3) is 0 Å². The Bertz CT molecular complexity index is 470. The van der Waals surface area contributed by atoms with Gasteiger partial charge in [-0.25, -0.2) is 0 Å². The molecule has 0 heterocycles. The minimum Gasteiger partial charge on any atom is -0.469 e. The Morgan fingerprint density at radius 2 is 1.58 bits per heavy atom. The van der Waals surface area contributed by atoms with Gasteiger partial charge in [-0.05, 0) is 75.5 Å². The third kappa shape index (κ3) is 3.09. The maximum absolute atomic E-state index is 12.7. The van der Waals surface area contributed by atoms with E-state index >= 15 is 0 Å². The van der Waals surface area contributed by atoms with Crippen molar-refractivity contribution in [1.82, 2.24) is 0 Å². The SMILES string of the molecule is CCC(CC(C)C(=O)OC1(C)C2CC3CC(C2)CC1C3)C(=O)OC. The molecule has 4 nitrogen and oxygen atoms in total. The standard InChI is InChI=1S/C20H32O4/c1-5-15(19(22)23-4)6-12(2)18(21)24-20(3)16-8-13-7-14(10-16)11-17(20)9-13/h12-17H,5-11H2,1-4H3. The molecule has 4 rings (SSSR count). The fraction of sp³-hybridized carbons (Fsp3) is 0.900. The van der Waals surface area contributed by atoms with Crippen molar-refractivity contribution in [2.45, 2.75) is 71.3 Å². The van der Waals surface area contributed by atoms with Crippen molar-refractivity contribution in [3.63, 3.8) is 0 Å². The Morgan fingerprint density at radius 1 is 1.04 bits per heavy atom. The van der Waals surface area contributed by atoms with Crippen LogP contribution in [0.15, 0.2) is 0 Å². The van der Waals surface area contributed by atoms with E-state index in [-0.39, 0.29) is 29.4 Å². The summed E-state index contributed by atoms with van der Waals surface area (Å²) in [5, 5.41) is 0. The molecule has 4 fully saturated rings. The van der Waals surface area contributed by atoms with E-state index in [0.29, 0.717) is 24.7 Å².